The van der Waals surface area contributed by atoms with Crippen molar-refractivity contribution in [2.45, 2.75) is 25.6 Å². The Bertz CT molecular complexity index is 864. The first-order chi connectivity index (χ1) is 11.5. The van der Waals surface area contributed by atoms with Crippen molar-refractivity contribution in [3.8, 4) is 11.4 Å². The van der Waals surface area contributed by atoms with Crippen LogP contribution in [0.5, 0.6) is 0 Å². The van der Waals surface area contributed by atoms with Gasteiger partial charge >= 0.3 is 0 Å². The number of aromatic nitrogens is 4. The van der Waals surface area contributed by atoms with Crippen molar-refractivity contribution >= 4 is 16.7 Å². The molecule has 0 aliphatic carbocycles. The lowest BCUT2D eigenvalue weighted by Gasteiger charge is -2.26. The molecular weight excluding hydrogens is 305 g/mol. The van der Waals surface area contributed by atoms with Crippen LogP contribution in [0.1, 0.15) is 13.8 Å². The Morgan fingerprint density at radius 2 is 1.88 bits per heavy atom. The van der Waals surface area contributed by atoms with Crippen molar-refractivity contribution in [1.29, 1.82) is 0 Å². The Morgan fingerprint density at radius 1 is 1.17 bits per heavy atom. The summed E-state index contributed by atoms with van der Waals surface area (Å²) in [6, 6.07) is 4.96. The van der Waals surface area contributed by atoms with Crippen molar-refractivity contribution < 1.29 is 4.39 Å². The second kappa shape index (κ2) is 6.31. The Morgan fingerprint density at radius 3 is 2.58 bits per heavy atom. The van der Waals surface area contributed by atoms with Crippen LogP contribution in [0.3, 0.4) is 0 Å². The minimum Gasteiger partial charge on any atom is -0.363 e. The number of anilines is 1. The van der Waals surface area contributed by atoms with Gasteiger partial charge in [-0.15, -0.1) is 0 Å². The number of pyridine rings is 2. The van der Waals surface area contributed by atoms with Crippen LogP contribution in [-0.4, -0.2) is 31.6 Å². The summed E-state index contributed by atoms with van der Waals surface area (Å²) in [5.74, 6) is 1.10. The Balaban J connectivity index is 2.10. The standard InChI is InChI=1S/C18H18FN5/c1-4-18(3,19)12(2)22-17-14-7-10-21-11-15(14)23-16(24-17)13-5-8-20-9-6-13/h4-12H,1H2,2-3H3,(H,22,23,24)/t12-,18?/m1/s1. The molecule has 5 nitrogen and oxygen atoms in total. The van der Waals surface area contributed by atoms with Crippen LogP contribution in [0.4, 0.5) is 10.2 Å². The van der Waals surface area contributed by atoms with Crippen molar-refractivity contribution in [1.82, 2.24) is 19.9 Å². The fourth-order valence-electron chi connectivity index (χ4n) is 2.24. The van der Waals surface area contributed by atoms with E-state index in [1.54, 1.807) is 31.7 Å². The van der Waals surface area contributed by atoms with E-state index < -0.39 is 11.7 Å². The molecule has 0 aromatic carbocycles. The van der Waals surface area contributed by atoms with Crippen LogP contribution in [0.2, 0.25) is 0 Å². The summed E-state index contributed by atoms with van der Waals surface area (Å²) in [5.41, 5.74) is -0.0485. The van der Waals surface area contributed by atoms with Crippen LogP contribution in [-0.2, 0) is 0 Å². The van der Waals surface area contributed by atoms with Gasteiger partial charge in [0.25, 0.3) is 0 Å². The van der Waals surface area contributed by atoms with E-state index >= 15 is 0 Å². The second-order valence-corrected chi connectivity index (χ2v) is 5.75. The predicted molar refractivity (Wildman–Crippen MR) is 93.4 cm³/mol. The molecule has 0 radical (unpaired) electrons. The normalized spacial score (nSPS) is 14.8. The highest BCUT2D eigenvalue weighted by atomic mass is 19.1. The summed E-state index contributed by atoms with van der Waals surface area (Å²) < 4.78 is 14.5. The average molecular weight is 323 g/mol. The van der Waals surface area contributed by atoms with E-state index in [4.69, 9.17) is 0 Å². The lowest BCUT2D eigenvalue weighted by Crippen LogP contribution is -2.36. The molecule has 0 saturated carbocycles. The lowest BCUT2D eigenvalue weighted by atomic mass is 10.0. The van der Waals surface area contributed by atoms with Crippen LogP contribution in [0, 0.1) is 0 Å². The fraction of sp³-hybridized carbons (Fsp3) is 0.222. The Labute approximate surface area is 139 Å². The summed E-state index contributed by atoms with van der Waals surface area (Å²) in [5, 5.41) is 3.93. The molecule has 0 aliphatic rings. The van der Waals surface area contributed by atoms with Gasteiger partial charge in [0.2, 0.25) is 0 Å². The van der Waals surface area contributed by atoms with Gasteiger partial charge < -0.3 is 5.32 Å². The van der Waals surface area contributed by atoms with E-state index in [0.717, 1.165) is 10.9 Å². The van der Waals surface area contributed by atoms with Gasteiger partial charge in [-0.1, -0.05) is 12.7 Å². The van der Waals surface area contributed by atoms with Crippen LogP contribution < -0.4 is 5.32 Å². The van der Waals surface area contributed by atoms with Gasteiger partial charge in [-0.3, -0.25) is 9.97 Å². The topological polar surface area (TPSA) is 63.6 Å². The fourth-order valence-corrected chi connectivity index (χ4v) is 2.24. The van der Waals surface area contributed by atoms with Gasteiger partial charge in [-0.25, -0.2) is 14.4 Å². The maximum atomic E-state index is 14.5. The number of halogens is 1. The molecule has 0 fully saturated rings. The molecule has 122 valence electrons. The Hall–Kier alpha value is -2.89. The maximum absolute atomic E-state index is 14.5. The highest BCUT2D eigenvalue weighted by molar-refractivity contribution is 5.90. The molecule has 3 heterocycles. The van der Waals surface area contributed by atoms with E-state index in [-0.39, 0.29) is 0 Å². The summed E-state index contributed by atoms with van der Waals surface area (Å²) in [7, 11) is 0. The van der Waals surface area contributed by atoms with Crippen molar-refractivity contribution in [2.24, 2.45) is 0 Å². The molecule has 0 spiro atoms. The molecule has 1 unspecified atom stereocenters. The smallest absolute Gasteiger partial charge is 0.162 e. The monoisotopic (exact) mass is 323 g/mol. The predicted octanol–water partition coefficient (Wildman–Crippen LogP) is 3.80. The first-order valence-electron chi connectivity index (χ1n) is 7.62. The quantitative estimate of drug-likeness (QED) is 0.724. The molecule has 0 bridgehead atoms. The zero-order chi connectivity index (χ0) is 17.2. The number of fused-ring (bicyclic) bond motifs is 1. The number of nitrogens with one attached hydrogen (secondary N) is 1. The van der Waals surface area contributed by atoms with E-state index in [1.807, 2.05) is 18.2 Å². The molecular formula is C18H18FN5. The third-order valence-corrected chi connectivity index (χ3v) is 4.04. The van der Waals surface area contributed by atoms with Crippen molar-refractivity contribution in [3.63, 3.8) is 0 Å². The molecule has 2 atom stereocenters. The summed E-state index contributed by atoms with van der Waals surface area (Å²) in [6.07, 6.45) is 7.98. The molecule has 0 amide bonds. The first-order valence-corrected chi connectivity index (χ1v) is 7.62. The largest absolute Gasteiger partial charge is 0.363 e. The first kappa shape index (κ1) is 16.0. The van der Waals surface area contributed by atoms with Gasteiger partial charge in [0.1, 0.15) is 11.5 Å². The van der Waals surface area contributed by atoms with E-state index in [0.29, 0.717) is 17.2 Å². The van der Waals surface area contributed by atoms with Crippen molar-refractivity contribution in [2.75, 3.05) is 5.32 Å². The molecule has 3 aromatic heterocycles. The zero-order valence-electron chi connectivity index (χ0n) is 13.6. The lowest BCUT2D eigenvalue weighted by molar-refractivity contribution is 0.231. The zero-order valence-corrected chi connectivity index (χ0v) is 13.6. The number of nitrogens with zero attached hydrogens (tertiary/aromatic N) is 4. The molecule has 3 rings (SSSR count). The van der Waals surface area contributed by atoms with Gasteiger partial charge in [0.05, 0.1) is 17.8 Å². The van der Waals surface area contributed by atoms with Crippen molar-refractivity contribution in [3.05, 3.63) is 55.6 Å². The van der Waals surface area contributed by atoms with E-state index in [2.05, 4.69) is 31.8 Å². The van der Waals surface area contributed by atoms with E-state index in [9.17, 15) is 4.39 Å². The number of hydrogen-bond acceptors (Lipinski definition) is 5. The maximum Gasteiger partial charge on any atom is 0.162 e. The average Bonchev–Trinajstić information content (AvgIpc) is 2.62. The van der Waals surface area contributed by atoms with E-state index in [1.165, 1.54) is 13.0 Å². The highest BCUT2D eigenvalue weighted by Gasteiger charge is 2.28. The molecule has 6 heteroatoms. The number of alkyl halides is 1. The molecule has 24 heavy (non-hydrogen) atoms. The number of hydrogen-bond donors (Lipinski definition) is 1. The van der Waals surface area contributed by atoms with Gasteiger partial charge in [0, 0.05) is 29.5 Å². The minimum absolute atomic E-state index is 0.508. The van der Waals surface area contributed by atoms with Crippen LogP contribution in [0.25, 0.3) is 22.3 Å². The summed E-state index contributed by atoms with van der Waals surface area (Å²) in [4.78, 5) is 17.2. The molecule has 3 aromatic rings. The van der Waals surface area contributed by atoms with Gasteiger partial charge in [-0.2, -0.15) is 0 Å². The second-order valence-electron chi connectivity index (χ2n) is 5.75. The minimum atomic E-state index is -1.57. The summed E-state index contributed by atoms with van der Waals surface area (Å²) in [6.45, 7) is 6.79. The third-order valence-electron chi connectivity index (χ3n) is 4.04. The third kappa shape index (κ3) is 3.08. The molecule has 1 N–H and O–H groups in total. The van der Waals surface area contributed by atoms with Crippen LogP contribution >= 0.6 is 0 Å². The molecule has 0 aliphatic heterocycles. The summed E-state index contributed by atoms with van der Waals surface area (Å²) >= 11 is 0. The number of rotatable bonds is 5. The molecule has 0 saturated heterocycles. The highest BCUT2D eigenvalue weighted by Crippen LogP contribution is 2.27. The van der Waals surface area contributed by atoms with Gasteiger partial charge in [0.15, 0.2) is 5.82 Å². The Kier molecular flexibility index (Phi) is 4.20. The van der Waals surface area contributed by atoms with Gasteiger partial charge in [-0.05, 0) is 32.0 Å². The SMILES string of the molecule is C=CC(C)(F)[C@@H](C)Nc1nc(-c2ccncc2)nc2cnccc12. The van der Waals surface area contributed by atoms with Crippen LogP contribution in [0.15, 0.2) is 55.6 Å².